The summed E-state index contributed by atoms with van der Waals surface area (Å²) in [6, 6.07) is 6.94. The third kappa shape index (κ3) is 28.2. The van der Waals surface area contributed by atoms with Gasteiger partial charge in [-0.1, -0.05) is 38.5 Å². The number of rotatable bonds is 11. The summed E-state index contributed by atoms with van der Waals surface area (Å²) in [4.78, 5) is 51.4. The molecule has 0 heterocycles. The summed E-state index contributed by atoms with van der Waals surface area (Å²) in [5, 5.41) is 33.9. The van der Waals surface area contributed by atoms with Crippen LogP contribution >= 0.6 is 0 Å². The number of amides is 4. The van der Waals surface area contributed by atoms with E-state index in [4.69, 9.17) is 20.1 Å². The van der Waals surface area contributed by atoms with Crippen LogP contribution in [0.3, 0.4) is 0 Å². The molecule has 0 spiro atoms. The van der Waals surface area contributed by atoms with Crippen LogP contribution in [0, 0.1) is 6.92 Å². The molecule has 12 heteroatoms. The number of carbonyl (C=O) groups is 5. The minimum atomic E-state index is -0.947. The van der Waals surface area contributed by atoms with E-state index >= 15 is 0 Å². The fourth-order valence-electron chi connectivity index (χ4n) is 2.22. The predicted octanol–water partition coefficient (Wildman–Crippen LogP) is 3.66. The molecule has 0 aliphatic heterocycles. The Bertz CT molecular complexity index is 742. The lowest BCUT2D eigenvalue weighted by molar-refractivity contribution is -0.137. The molecule has 4 amide bonds. The van der Waals surface area contributed by atoms with E-state index in [9.17, 15) is 19.2 Å². The van der Waals surface area contributed by atoms with Crippen LogP contribution in [-0.2, 0) is 14.4 Å². The molecule has 0 aliphatic carbocycles. The molecule has 0 saturated heterocycles. The normalized spacial score (nSPS) is 9.69. The molecule has 0 saturated carbocycles. The lowest BCUT2D eigenvalue weighted by Gasteiger charge is -2.14. The number of aryl methyl sites for hydroxylation is 1. The highest BCUT2D eigenvalue weighted by Gasteiger charge is 2.07. The SMILES string of the molecule is CC.CCC(=O)O.Cc1ccc(NC(=O)NCCCCC(C)NC(=O)NCCC(=O)O)cc1.O=CO. The summed E-state index contributed by atoms with van der Waals surface area (Å²) >= 11 is 0. The van der Waals surface area contributed by atoms with E-state index in [1.807, 2.05) is 52.0 Å². The fraction of sp³-hybridized carbons (Fsp3) is 0.542. The number of carbonyl (C=O) groups excluding carboxylic acids is 2. The summed E-state index contributed by atoms with van der Waals surface area (Å²) in [5.41, 5.74) is 1.88. The van der Waals surface area contributed by atoms with Crippen LogP contribution in [0.25, 0.3) is 0 Å². The molecule has 36 heavy (non-hydrogen) atoms. The standard InChI is InChI=1S/C18H28N4O4.C3H6O2.C2H6.CH2O2/c1-13-6-8-15(9-7-13)22-18(26)19-11-4-3-5-14(2)21-17(25)20-12-10-16(23)24;1-2-3(4)5;1-2;2-1-3/h6-9,14H,3-5,10-12H2,1-2H3,(H,23,24)(H2,19,22,26)(H2,20,21,25);2H2,1H3,(H,4,5);1-2H3;1H,(H,2,3). The van der Waals surface area contributed by atoms with Gasteiger partial charge in [-0.3, -0.25) is 14.4 Å². The van der Waals surface area contributed by atoms with E-state index in [2.05, 4.69) is 21.3 Å². The first kappa shape index (κ1) is 36.7. The van der Waals surface area contributed by atoms with Gasteiger partial charge in [-0.2, -0.15) is 0 Å². The molecular weight excluding hydrogens is 472 g/mol. The second kappa shape index (κ2) is 25.8. The summed E-state index contributed by atoms with van der Waals surface area (Å²) in [7, 11) is 0. The van der Waals surface area contributed by atoms with Gasteiger partial charge in [-0.15, -0.1) is 0 Å². The first-order chi connectivity index (χ1) is 17.0. The number of urea groups is 2. The summed E-state index contributed by atoms with van der Waals surface area (Å²) < 4.78 is 0. The van der Waals surface area contributed by atoms with Gasteiger partial charge in [0.25, 0.3) is 6.47 Å². The van der Waals surface area contributed by atoms with Gasteiger partial charge in [0.15, 0.2) is 0 Å². The molecule has 0 fully saturated rings. The van der Waals surface area contributed by atoms with E-state index in [0.717, 1.165) is 30.5 Å². The van der Waals surface area contributed by atoms with Crippen molar-refractivity contribution in [3.05, 3.63) is 29.8 Å². The van der Waals surface area contributed by atoms with E-state index in [1.54, 1.807) is 6.92 Å². The number of unbranched alkanes of at least 4 members (excludes halogenated alkanes) is 1. The fourth-order valence-corrected chi connectivity index (χ4v) is 2.22. The molecular formula is C24H42N4O8. The molecule has 12 nitrogen and oxygen atoms in total. The van der Waals surface area contributed by atoms with E-state index < -0.39 is 11.9 Å². The molecule has 1 unspecified atom stereocenters. The van der Waals surface area contributed by atoms with E-state index in [1.165, 1.54) is 0 Å². The molecule has 0 aliphatic rings. The lowest BCUT2D eigenvalue weighted by atomic mass is 10.1. The highest BCUT2D eigenvalue weighted by atomic mass is 16.4. The lowest BCUT2D eigenvalue weighted by Crippen LogP contribution is -2.41. The number of hydrogen-bond donors (Lipinski definition) is 7. The molecule has 1 aromatic carbocycles. The highest BCUT2D eigenvalue weighted by Crippen LogP contribution is 2.08. The van der Waals surface area contributed by atoms with Gasteiger partial charge in [0, 0.05) is 31.2 Å². The zero-order chi connectivity index (χ0) is 28.4. The van der Waals surface area contributed by atoms with E-state index in [-0.39, 0.29) is 44.0 Å². The van der Waals surface area contributed by atoms with Crippen molar-refractivity contribution >= 4 is 36.2 Å². The Balaban J connectivity index is -0.000000930. The number of hydrogen-bond acceptors (Lipinski definition) is 5. The number of carboxylic acid groups (broad SMARTS) is 3. The molecule has 206 valence electrons. The zero-order valence-electron chi connectivity index (χ0n) is 21.8. The van der Waals surface area contributed by atoms with Gasteiger partial charge < -0.3 is 36.6 Å². The smallest absolute Gasteiger partial charge is 0.319 e. The second-order valence-electron chi connectivity index (χ2n) is 7.04. The summed E-state index contributed by atoms with van der Waals surface area (Å²) in [5.74, 6) is -1.69. The Kier molecular flexibility index (Phi) is 26.3. The summed E-state index contributed by atoms with van der Waals surface area (Å²) in [6.07, 6.45) is 2.54. The van der Waals surface area contributed by atoms with Gasteiger partial charge in [0.1, 0.15) is 0 Å². The maximum atomic E-state index is 11.8. The summed E-state index contributed by atoms with van der Waals surface area (Å²) in [6.45, 7) is 9.87. The van der Waals surface area contributed by atoms with Crippen LogP contribution in [0.2, 0.25) is 0 Å². The van der Waals surface area contributed by atoms with Crippen molar-refractivity contribution in [1.29, 1.82) is 0 Å². The van der Waals surface area contributed by atoms with Crippen LogP contribution < -0.4 is 21.3 Å². The molecule has 0 bridgehead atoms. The van der Waals surface area contributed by atoms with Crippen molar-refractivity contribution in [1.82, 2.24) is 16.0 Å². The minimum absolute atomic E-state index is 0.0267. The van der Waals surface area contributed by atoms with Crippen molar-refractivity contribution in [2.45, 2.75) is 72.8 Å². The van der Waals surface area contributed by atoms with Crippen molar-refractivity contribution in [3.8, 4) is 0 Å². The van der Waals surface area contributed by atoms with Gasteiger partial charge in [0.05, 0.1) is 6.42 Å². The molecule has 0 radical (unpaired) electrons. The largest absolute Gasteiger partial charge is 0.483 e. The topological polar surface area (TPSA) is 194 Å². The van der Waals surface area contributed by atoms with Crippen LogP contribution in [-0.4, -0.2) is 64.9 Å². The van der Waals surface area contributed by atoms with Crippen LogP contribution in [0.15, 0.2) is 24.3 Å². The average Bonchev–Trinajstić information content (AvgIpc) is 2.82. The number of carboxylic acids is 2. The molecule has 1 rings (SSSR count). The zero-order valence-corrected chi connectivity index (χ0v) is 21.8. The van der Waals surface area contributed by atoms with Crippen LogP contribution in [0.5, 0.6) is 0 Å². The maximum absolute atomic E-state index is 11.8. The Morgan fingerprint density at radius 3 is 1.89 bits per heavy atom. The van der Waals surface area contributed by atoms with Gasteiger partial charge in [0.2, 0.25) is 0 Å². The van der Waals surface area contributed by atoms with Crippen molar-refractivity contribution in [3.63, 3.8) is 0 Å². The quantitative estimate of drug-likeness (QED) is 0.172. The molecule has 1 atom stereocenters. The number of aliphatic carboxylic acids is 2. The maximum Gasteiger partial charge on any atom is 0.319 e. The third-order valence-corrected chi connectivity index (χ3v) is 3.96. The van der Waals surface area contributed by atoms with Crippen LogP contribution in [0.4, 0.5) is 15.3 Å². The Morgan fingerprint density at radius 1 is 0.917 bits per heavy atom. The highest BCUT2D eigenvalue weighted by molar-refractivity contribution is 5.89. The van der Waals surface area contributed by atoms with Crippen LogP contribution in [0.1, 0.15) is 65.4 Å². The second-order valence-corrected chi connectivity index (χ2v) is 7.04. The molecule has 7 N–H and O–H groups in total. The first-order valence-corrected chi connectivity index (χ1v) is 11.7. The van der Waals surface area contributed by atoms with Crippen molar-refractivity contribution in [2.75, 3.05) is 18.4 Å². The monoisotopic (exact) mass is 514 g/mol. The molecule has 1 aromatic rings. The predicted molar refractivity (Wildman–Crippen MR) is 138 cm³/mol. The minimum Gasteiger partial charge on any atom is -0.483 e. The van der Waals surface area contributed by atoms with Crippen molar-refractivity contribution in [2.24, 2.45) is 0 Å². The van der Waals surface area contributed by atoms with Gasteiger partial charge >= 0.3 is 24.0 Å². The Labute approximate surface area is 212 Å². The van der Waals surface area contributed by atoms with Gasteiger partial charge in [-0.25, -0.2) is 9.59 Å². The average molecular weight is 515 g/mol. The Hall–Kier alpha value is -3.83. The Morgan fingerprint density at radius 2 is 1.42 bits per heavy atom. The number of anilines is 1. The van der Waals surface area contributed by atoms with Crippen molar-refractivity contribution < 1.29 is 39.3 Å². The number of benzene rings is 1. The molecule has 0 aromatic heterocycles. The van der Waals surface area contributed by atoms with E-state index in [0.29, 0.717) is 6.54 Å². The number of nitrogens with one attached hydrogen (secondary N) is 4. The first-order valence-electron chi connectivity index (χ1n) is 11.7. The van der Waals surface area contributed by atoms with Gasteiger partial charge in [-0.05, 0) is 45.2 Å². The third-order valence-electron chi connectivity index (χ3n) is 3.96.